The highest BCUT2D eigenvalue weighted by atomic mass is 35.5. The van der Waals surface area contributed by atoms with E-state index in [0.717, 1.165) is 0 Å². The lowest BCUT2D eigenvalue weighted by Gasteiger charge is -2.10. The quantitative estimate of drug-likeness (QED) is 0.811. The third-order valence-corrected chi connectivity index (χ3v) is 2.89. The molecule has 1 aromatic heterocycles. The van der Waals surface area contributed by atoms with Gasteiger partial charge in [0.15, 0.2) is 0 Å². The molecule has 0 aliphatic rings. The maximum absolute atomic E-state index is 12.6. The third-order valence-electron chi connectivity index (χ3n) is 2.56. The van der Waals surface area contributed by atoms with E-state index in [1.54, 1.807) is 6.07 Å². The van der Waals surface area contributed by atoms with Gasteiger partial charge in [0.1, 0.15) is 0 Å². The fraction of sp³-hybridized carbons (Fsp3) is 0.0769. The van der Waals surface area contributed by atoms with E-state index < -0.39 is 23.2 Å². The molecule has 7 heteroatoms. The molecule has 0 N–H and O–H groups in total. The van der Waals surface area contributed by atoms with Crippen molar-refractivity contribution in [2.45, 2.75) is 6.18 Å². The first-order valence-electron chi connectivity index (χ1n) is 5.40. The Hall–Kier alpha value is -2.08. The number of rotatable bonds is 1. The van der Waals surface area contributed by atoms with Gasteiger partial charge in [-0.1, -0.05) is 23.7 Å². The number of hydrogen-bond acceptors (Lipinski definition) is 2. The van der Waals surface area contributed by atoms with Crippen LogP contribution in [0.15, 0.2) is 47.4 Å². The van der Waals surface area contributed by atoms with Crippen molar-refractivity contribution in [1.82, 2.24) is 4.57 Å². The van der Waals surface area contributed by atoms with E-state index >= 15 is 0 Å². The molecular weight excluding hydrogens is 295 g/mol. The minimum Gasteiger partial charge on any atom is -0.269 e. The van der Waals surface area contributed by atoms with Gasteiger partial charge in [-0.05, 0) is 18.2 Å². The van der Waals surface area contributed by atoms with Gasteiger partial charge in [0, 0.05) is 12.3 Å². The molecule has 0 unspecified atom stereocenters. The van der Waals surface area contributed by atoms with Crippen molar-refractivity contribution in [3.8, 4) is 0 Å². The molecule has 0 fully saturated rings. The number of alkyl halides is 3. The van der Waals surface area contributed by atoms with E-state index in [1.807, 2.05) is 0 Å². The van der Waals surface area contributed by atoms with Crippen LogP contribution in [0.4, 0.5) is 13.2 Å². The van der Waals surface area contributed by atoms with Crippen LogP contribution >= 0.6 is 11.6 Å². The van der Waals surface area contributed by atoms with Crippen molar-refractivity contribution >= 4 is 17.5 Å². The van der Waals surface area contributed by atoms with E-state index in [1.165, 1.54) is 18.2 Å². The average molecular weight is 302 g/mol. The predicted octanol–water partition coefficient (Wildman–Crippen LogP) is 3.21. The Labute approximate surface area is 116 Å². The zero-order valence-electron chi connectivity index (χ0n) is 9.82. The van der Waals surface area contributed by atoms with E-state index in [9.17, 15) is 22.8 Å². The van der Waals surface area contributed by atoms with Crippen LogP contribution in [0.5, 0.6) is 0 Å². The lowest BCUT2D eigenvalue weighted by atomic mass is 10.2. The summed E-state index contributed by atoms with van der Waals surface area (Å²) in [6.07, 6.45) is -4.18. The molecule has 0 atom stereocenters. The SMILES string of the molecule is O=C(c1ccccc1Cl)n1cc(C(F)(F)F)ccc1=O. The second kappa shape index (κ2) is 5.13. The molecule has 0 amide bonds. The molecule has 2 rings (SSSR count). The Morgan fingerprint density at radius 2 is 1.75 bits per heavy atom. The van der Waals surface area contributed by atoms with Crippen molar-refractivity contribution in [2.75, 3.05) is 0 Å². The molecule has 0 spiro atoms. The summed E-state index contributed by atoms with van der Waals surface area (Å²) in [6.45, 7) is 0. The predicted molar refractivity (Wildman–Crippen MR) is 66.9 cm³/mol. The summed E-state index contributed by atoms with van der Waals surface area (Å²) in [5.41, 5.74) is -1.99. The fourth-order valence-corrected chi connectivity index (χ4v) is 1.79. The van der Waals surface area contributed by atoms with Crippen molar-refractivity contribution in [2.24, 2.45) is 0 Å². The molecular formula is C13H7ClF3NO2. The Morgan fingerprint density at radius 3 is 2.35 bits per heavy atom. The summed E-state index contributed by atoms with van der Waals surface area (Å²) < 4.78 is 38.2. The maximum atomic E-state index is 12.6. The van der Waals surface area contributed by atoms with Gasteiger partial charge in [-0.25, -0.2) is 4.57 Å². The summed E-state index contributed by atoms with van der Waals surface area (Å²) in [4.78, 5) is 23.6. The van der Waals surface area contributed by atoms with Crippen LogP contribution in [-0.2, 0) is 6.18 Å². The van der Waals surface area contributed by atoms with Gasteiger partial charge >= 0.3 is 6.18 Å². The monoisotopic (exact) mass is 301 g/mol. The minimum absolute atomic E-state index is 0.0457. The topological polar surface area (TPSA) is 39.1 Å². The third kappa shape index (κ3) is 2.75. The second-order valence-corrected chi connectivity index (χ2v) is 4.32. The second-order valence-electron chi connectivity index (χ2n) is 3.91. The first kappa shape index (κ1) is 14.3. The summed E-state index contributed by atoms with van der Waals surface area (Å²) in [6, 6.07) is 7.12. The van der Waals surface area contributed by atoms with E-state index in [0.29, 0.717) is 22.9 Å². The molecule has 2 aromatic rings. The zero-order chi connectivity index (χ0) is 14.9. The van der Waals surface area contributed by atoms with Crippen LogP contribution in [0, 0.1) is 0 Å². The van der Waals surface area contributed by atoms with E-state index in [-0.39, 0.29) is 10.6 Å². The van der Waals surface area contributed by atoms with Crippen LogP contribution in [0.25, 0.3) is 0 Å². The first-order valence-corrected chi connectivity index (χ1v) is 5.77. The molecule has 20 heavy (non-hydrogen) atoms. The summed E-state index contributed by atoms with van der Waals surface area (Å²) in [5.74, 6) is -0.910. The molecule has 0 bridgehead atoms. The Bertz CT molecular complexity index is 722. The zero-order valence-corrected chi connectivity index (χ0v) is 10.6. The molecule has 0 aliphatic heterocycles. The van der Waals surface area contributed by atoms with Gasteiger partial charge in [-0.2, -0.15) is 13.2 Å². The first-order chi connectivity index (χ1) is 9.30. The number of benzene rings is 1. The fourth-order valence-electron chi connectivity index (χ4n) is 1.58. The Kier molecular flexibility index (Phi) is 3.67. The lowest BCUT2D eigenvalue weighted by Crippen LogP contribution is -2.28. The standard InChI is InChI=1S/C13H7ClF3NO2/c14-10-4-2-1-3-9(10)12(20)18-7-8(13(15,16)17)5-6-11(18)19/h1-7H. The molecule has 0 saturated heterocycles. The van der Waals surface area contributed by atoms with E-state index in [2.05, 4.69) is 0 Å². The van der Waals surface area contributed by atoms with Gasteiger partial charge in [0.2, 0.25) is 0 Å². The van der Waals surface area contributed by atoms with Gasteiger partial charge in [0.05, 0.1) is 16.1 Å². The molecule has 0 saturated carbocycles. The highest BCUT2D eigenvalue weighted by Gasteiger charge is 2.31. The van der Waals surface area contributed by atoms with Crippen molar-refractivity contribution in [3.63, 3.8) is 0 Å². The molecule has 1 heterocycles. The van der Waals surface area contributed by atoms with Gasteiger partial charge in [-0.3, -0.25) is 9.59 Å². The van der Waals surface area contributed by atoms with Gasteiger partial charge in [0.25, 0.3) is 11.5 Å². The molecule has 104 valence electrons. The smallest absolute Gasteiger partial charge is 0.269 e. The number of nitrogens with zero attached hydrogens (tertiary/aromatic N) is 1. The molecule has 3 nitrogen and oxygen atoms in total. The number of carbonyl (C=O) groups is 1. The largest absolute Gasteiger partial charge is 0.417 e. The Balaban J connectivity index is 2.56. The maximum Gasteiger partial charge on any atom is 0.417 e. The highest BCUT2D eigenvalue weighted by molar-refractivity contribution is 6.33. The number of pyridine rings is 1. The van der Waals surface area contributed by atoms with Crippen LogP contribution in [-0.4, -0.2) is 10.5 Å². The van der Waals surface area contributed by atoms with Gasteiger partial charge in [-0.15, -0.1) is 0 Å². The Morgan fingerprint density at radius 1 is 1.10 bits per heavy atom. The number of halogens is 4. The average Bonchev–Trinajstić information content (AvgIpc) is 2.37. The van der Waals surface area contributed by atoms with Crippen LogP contribution in [0.2, 0.25) is 5.02 Å². The van der Waals surface area contributed by atoms with Crippen LogP contribution in [0.3, 0.4) is 0 Å². The van der Waals surface area contributed by atoms with Crippen LogP contribution < -0.4 is 5.56 Å². The van der Waals surface area contributed by atoms with Crippen LogP contribution in [0.1, 0.15) is 15.9 Å². The molecule has 0 radical (unpaired) electrons. The van der Waals surface area contributed by atoms with Crippen molar-refractivity contribution < 1.29 is 18.0 Å². The highest BCUT2D eigenvalue weighted by Crippen LogP contribution is 2.28. The van der Waals surface area contributed by atoms with Crippen molar-refractivity contribution in [1.29, 1.82) is 0 Å². The number of hydrogen-bond donors (Lipinski definition) is 0. The summed E-state index contributed by atoms with van der Waals surface area (Å²) in [5, 5.41) is 0.0572. The lowest BCUT2D eigenvalue weighted by molar-refractivity contribution is -0.137. The minimum atomic E-state index is -4.64. The summed E-state index contributed by atoms with van der Waals surface area (Å²) >= 11 is 5.79. The summed E-state index contributed by atoms with van der Waals surface area (Å²) in [7, 11) is 0. The number of carbonyl (C=O) groups excluding carboxylic acids is 1. The number of aromatic nitrogens is 1. The molecule has 1 aromatic carbocycles. The van der Waals surface area contributed by atoms with E-state index in [4.69, 9.17) is 11.6 Å². The molecule has 0 aliphatic carbocycles. The normalized spacial score (nSPS) is 11.4. The van der Waals surface area contributed by atoms with Gasteiger partial charge < -0.3 is 0 Å². The van der Waals surface area contributed by atoms with Crippen molar-refractivity contribution in [3.05, 3.63) is 69.1 Å².